The van der Waals surface area contributed by atoms with Gasteiger partial charge in [0.05, 0.1) is 12.4 Å². The van der Waals surface area contributed by atoms with Gasteiger partial charge in [-0.2, -0.15) is 11.8 Å². The van der Waals surface area contributed by atoms with Gasteiger partial charge in [-0.3, -0.25) is 9.59 Å². The van der Waals surface area contributed by atoms with E-state index >= 15 is 0 Å². The van der Waals surface area contributed by atoms with E-state index in [0.29, 0.717) is 17.9 Å². The molecule has 0 fully saturated rings. The van der Waals surface area contributed by atoms with Gasteiger partial charge in [-0.15, -0.1) is 0 Å². The number of hydrogen-bond acceptors (Lipinski definition) is 7. The third-order valence-electron chi connectivity index (χ3n) is 4.57. The van der Waals surface area contributed by atoms with Crippen molar-refractivity contribution in [3.05, 3.63) is 48.0 Å². The summed E-state index contributed by atoms with van der Waals surface area (Å²) in [7, 11) is 0. The normalized spacial score (nSPS) is 13.7. The maximum Gasteiger partial charge on any atom is 0.326 e. The predicted molar refractivity (Wildman–Crippen MR) is 117 cm³/mol. The highest BCUT2D eigenvalue weighted by molar-refractivity contribution is 7.98. The van der Waals surface area contributed by atoms with Gasteiger partial charge < -0.3 is 31.6 Å². The third-order valence-corrected chi connectivity index (χ3v) is 5.21. The van der Waals surface area contributed by atoms with E-state index in [4.69, 9.17) is 5.73 Å². The van der Waals surface area contributed by atoms with Crippen LogP contribution in [0.3, 0.4) is 0 Å². The Morgan fingerprint density at radius 1 is 1.13 bits per heavy atom. The Morgan fingerprint density at radius 2 is 1.81 bits per heavy atom. The zero-order valence-electron chi connectivity index (χ0n) is 17.1. The quantitative estimate of drug-likeness (QED) is 0.264. The molecule has 0 saturated carbocycles. The topological polar surface area (TPSA) is 170 Å². The first kappa shape index (κ1) is 24.2. The van der Waals surface area contributed by atoms with Crippen molar-refractivity contribution in [3.63, 3.8) is 0 Å². The van der Waals surface area contributed by atoms with Gasteiger partial charge in [-0.05, 0) is 42.5 Å². The number of nitrogens with zero attached hydrogens (tertiary/aromatic N) is 1. The average Bonchev–Trinajstić information content (AvgIpc) is 3.25. The van der Waals surface area contributed by atoms with Gasteiger partial charge in [0.25, 0.3) is 0 Å². The standard InChI is InChI=1S/C20H27N5O5S/c1-31-7-6-16(19(28)25-17(20(29)30)9-13-10-22-11-23-13)24-18(27)15(21)8-12-2-4-14(26)5-3-12/h2-5,10-11,15-17,26H,6-9,21H2,1H3,(H,22,23)(H,24,27)(H,25,28)(H,29,30)/t15-,16-,17-/m0/s1. The van der Waals surface area contributed by atoms with Crippen LogP contribution in [0.5, 0.6) is 5.75 Å². The van der Waals surface area contributed by atoms with Crippen molar-refractivity contribution in [1.82, 2.24) is 20.6 Å². The minimum absolute atomic E-state index is 0.0324. The van der Waals surface area contributed by atoms with Crippen LogP contribution in [0.4, 0.5) is 0 Å². The van der Waals surface area contributed by atoms with Crippen LogP contribution in [0.2, 0.25) is 0 Å². The van der Waals surface area contributed by atoms with Crippen molar-refractivity contribution in [2.45, 2.75) is 37.4 Å². The second kappa shape index (κ2) is 12.0. The summed E-state index contributed by atoms with van der Waals surface area (Å²) < 4.78 is 0. The van der Waals surface area contributed by atoms with Crippen molar-refractivity contribution in [2.24, 2.45) is 5.73 Å². The van der Waals surface area contributed by atoms with E-state index in [1.165, 1.54) is 36.4 Å². The van der Waals surface area contributed by atoms with Crippen molar-refractivity contribution < 1.29 is 24.6 Å². The summed E-state index contributed by atoms with van der Waals surface area (Å²) in [6, 6.07) is 3.32. The third kappa shape index (κ3) is 7.95. The maximum atomic E-state index is 12.8. The fourth-order valence-corrected chi connectivity index (χ4v) is 3.32. The fraction of sp³-hybridized carbons (Fsp3) is 0.400. The monoisotopic (exact) mass is 449 g/mol. The number of carbonyl (C=O) groups excluding carboxylic acids is 2. The van der Waals surface area contributed by atoms with Gasteiger partial charge in [-0.1, -0.05) is 12.1 Å². The van der Waals surface area contributed by atoms with Crippen LogP contribution in [0.25, 0.3) is 0 Å². The molecule has 1 aromatic carbocycles. The molecule has 0 aliphatic rings. The summed E-state index contributed by atoms with van der Waals surface area (Å²) in [4.78, 5) is 43.5. The molecular formula is C20H27N5O5S. The molecule has 2 amide bonds. The lowest BCUT2D eigenvalue weighted by Gasteiger charge is -2.22. The number of hydrogen-bond donors (Lipinski definition) is 6. The van der Waals surface area contributed by atoms with E-state index in [-0.39, 0.29) is 18.6 Å². The highest BCUT2D eigenvalue weighted by Gasteiger charge is 2.28. The first-order valence-electron chi connectivity index (χ1n) is 9.63. The van der Waals surface area contributed by atoms with Gasteiger partial charge >= 0.3 is 5.97 Å². The molecule has 0 radical (unpaired) electrons. The fourth-order valence-electron chi connectivity index (χ4n) is 2.85. The molecular weight excluding hydrogens is 422 g/mol. The number of carboxylic acids is 1. The second-order valence-electron chi connectivity index (χ2n) is 7.00. The number of nitrogens with one attached hydrogen (secondary N) is 3. The molecule has 31 heavy (non-hydrogen) atoms. The summed E-state index contributed by atoms with van der Waals surface area (Å²) in [5.74, 6) is -1.61. The molecule has 2 rings (SSSR count). The highest BCUT2D eigenvalue weighted by Crippen LogP contribution is 2.11. The van der Waals surface area contributed by atoms with Gasteiger partial charge in [0.1, 0.15) is 17.8 Å². The number of aromatic hydroxyl groups is 1. The number of H-pyrrole nitrogens is 1. The van der Waals surface area contributed by atoms with Crippen LogP contribution in [0.1, 0.15) is 17.7 Å². The number of imidazole rings is 1. The molecule has 0 saturated heterocycles. The number of amides is 2. The van der Waals surface area contributed by atoms with Gasteiger partial charge in [0.2, 0.25) is 11.8 Å². The number of phenolic OH excluding ortho intramolecular Hbond substituents is 1. The molecule has 7 N–H and O–H groups in total. The van der Waals surface area contributed by atoms with Crippen LogP contribution in [-0.2, 0) is 27.2 Å². The van der Waals surface area contributed by atoms with E-state index in [1.54, 1.807) is 12.1 Å². The average molecular weight is 450 g/mol. The van der Waals surface area contributed by atoms with E-state index in [9.17, 15) is 24.6 Å². The van der Waals surface area contributed by atoms with Gasteiger partial charge in [0, 0.05) is 18.3 Å². The number of aromatic amines is 1. The molecule has 0 bridgehead atoms. The highest BCUT2D eigenvalue weighted by atomic mass is 32.2. The summed E-state index contributed by atoms with van der Waals surface area (Å²) in [5.41, 5.74) is 7.31. The molecule has 3 atom stereocenters. The number of aromatic nitrogens is 2. The van der Waals surface area contributed by atoms with Crippen LogP contribution < -0.4 is 16.4 Å². The van der Waals surface area contributed by atoms with E-state index < -0.39 is 35.9 Å². The lowest BCUT2D eigenvalue weighted by Crippen LogP contribution is -2.55. The Hall–Kier alpha value is -3.05. The van der Waals surface area contributed by atoms with Gasteiger partial charge in [0.15, 0.2) is 0 Å². The number of benzene rings is 1. The van der Waals surface area contributed by atoms with Crippen molar-refractivity contribution in [3.8, 4) is 5.75 Å². The largest absolute Gasteiger partial charge is 0.508 e. The van der Waals surface area contributed by atoms with Crippen molar-refractivity contribution >= 4 is 29.5 Å². The van der Waals surface area contributed by atoms with Crippen LogP contribution in [0, 0.1) is 0 Å². The molecule has 1 heterocycles. The summed E-state index contributed by atoms with van der Waals surface area (Å²) >= 11 is 1.50. The minimum Gasteiger partial charge on any atom is -0.508 e. The number of carboxylic acid groups (broad SMARTS) is 1. The number of rotatable bonds is 12. The summed E-state index contributed by atoms with van der Waals surface area (Å²) in [6.45, 7) is 0. The lowest BCUT2D eigenvalue weighted by molar-refractivity contribution is -0.142. The Bertz CT molecular complexity index is 859. The molecule has 0 unspecified atom stereocenters. The van der Waals surface area contributed by atoms with E-state index in [2.05, 4.69) is 20.6 Å². The molecule has 10 nitrogen and oxygen atoms in total. The number of aliphatic carboxylic acids is 1. The van der Waals surface area contributed by atoms with Crippen molar-refractivity contribution in [2.75, 3.05) is 12.0 Å². The zero-order valence-corrected chi connectivity index (χ0v) is 17.9. The minimum atomic E-state index is -1.19. The van der Waals surface area contributed by atoms with Crippen molar-refractivity contribution in [1.29, 1.82) is 0 Å². The SMILES string of the molecule is CSCC[C@H](NC(=O)[C@@H](N)Cc1ccc(O)cc1)C(=O)N[C@@H](Cc1cnc[nH]1)C(=O)O. The van der Waals surface area contributed by atoms with Crippen LogP contribution in [0.15, 0.2) is 36.8 Å². The Labute approximate surface area is 184 Å². The molecule has 0 aliphatic heterocycles. The number of thioether (sulfide) groups is 1. The predicted octanol–water partition coefficient (Wildman–Crippen LogP) is 0.0351. The van der Waals surface area contributed by atoms with E-state index in [1.807, 2.05) is 6.26 Å². The van der Waals surface area contributed by atoms with Gasteiger partial charge in [-0.25, -0.2) is 9.78 Å². The number of carbonyl (C=O) groups is 3. The smallest absolute Gasteiger partial charge is 0.326 e. The van der Waals surface area contributed by atoms with E-state index in [0.717, 1.165) is 5.56 Å². The Morgan fingerprint density at radius 3 is 2.39 bits per heavy atom. The Kier molecular flexibility index (Phi) is 9.35. The van der Waals surface area contributed by atoms with Crippen LogP contribution >= 0.6 is 11.8 Å². The zero-order chi connectivity index (χ0) is 22.8. The molecule has 0 spiro atoms. The number of nitrogens with two attached hydrogens (primary N) is 1. The molecule has 0 aliphatic carbocycles. The lowest BCUT2D eigenvalue weighted by atomic mass is 10.0. The summed E-state index contributed by atoms with van der Waals surface area (Å²) in [6.07, 6.45) is 5.35. The first-order chi connectivity index (χ1) is 14.8. The number of phenols is 1. The maximum absolute atomic E-state index is 12.8. The summed E-state index contributed by atoms with van der Waals surface area (Å²) in [5, 5.41) is 23.9. The second-order valence-corrected chi connectivity index (χ2v) is 7.99. The molecule has 168 valence electrons. The Balaban J connectivity index is 2.00. The molecule has 2 aromatic rings. The molecule has 11 heteroatoms. The first-order valence-corrected chi connectivity index (χ1v) is 11.0. The molecule has 1 aromatic heterocycles. The van der Waals surface area contributed by atoms with Crippen LogP contribution in [-0.4, -0.2) is 68.1 Å².